The lowest BCUT2D eigenvalue weighted by atomic mass is 10.1. The fraction of sp³-hybridized carbons (Fsp3) is 0.167. The Balaban J connectivity index is 1.61. The van der Waals surface area contributed by atoms with E-state index in [1.165, 1.54) is 11.3 Å². The topological polar surface area (TPSA) is 68.3 Å². The summed E-state index contributed by atoms with van der Waals surface area (Å²) in [5, 5.41) is 2.76. The SMILES string of the molecule is Cc1cccc(NC(=O)COC(=O)c2ccc3ncsc3c2)c1C. The van der Waals surface area contributed by atoms with Gasteiger partial charge >= 0.3 is 5.97 Å². The average Bonchev–Trinajstić information content (AvgIpc) is 3.04. The Morgan fingerprint density at radius 2 is 2.04 bits per heavy atom. The van der Waals surface area contributed by atoms with E-state index in [1.807, 2.05) is 32.0 Å². The predicted molar refractivity (Wildman–Crippen MR) is 94.4 cm³/mol. The molecule has 3 rings (SSSR count). The monoisotopic (exact) mass is 340 g/mol. The van der Waals surface area contributed by atoms with Crippen LogP contribution in [0.5, 0.6) is 0 Å². The van der Waals surface area contributed by atoms with Crippen LogP contribution in [-0.4, -0.2) is 23.5 Å². The summed E-state index contributed by atoms with van der Waals surface area (Å²) in [5.74, 6) is -0.891. The van der Waals surface area contributed by atoms with E-state index in [1.54, 1.807) is 23.7 Å². The van der Waals surface area contributed by atoms with Crippen molar-refractivity contribution in [1.82, 2.24) is 4.98 Å². The molecule has 0 aliphatic carbocycles. The molecular formula is C18H16N2O3S. The van der Waals surface area contributed by atoms with E-state index < -0.39 is 5.97 Å². The lowest BCUT2D eigenvalue weighted by molar-refractivity contribution is -0.119. The molecule has 0 aliphatic rings. The number of benzene rings is 2. The number of carbonyl (C=O) groups is 2. The minimum atomic E-state index is -0.526. The highest BCUT2D eigenvalue weighted by atomic mass is 32.1. The summed E-state index contributed by atoms with van der Waals surface area (Å²) < 4.78 is 6.00. The number of hydrogen-bond donors (Lipinski definition) is 1. The van der Waals surface area contributed by atoms with Crippen LogP contribution in [0.25, 0.3) is 10.2 Å². The van der Waals surface area contributed by atoms with Gasteiger partial charge in [-0.15, -0.1) is 11.3 Å². The fourth-order valence-corrected chi connectivity index (χ4v) is 2.99. The van der Waals surface area contributed by atoms with Crippen LogP contribution in [0.3, 0.4) is 0 Å². The third kappa shape index (κ3) is 3.44. The summed E-state index contributed by atoms with van der Waals surface area (Å²) in [6.45, 7) is 3.58. The maximum atomic E-state index is 12.1. The molecule has 1 heterocycles. The smallest absolute Gasteiger partial charge is 0.338 e. The van der Waals surface area contributed by atoms with E-state index in [4.69, 9.17) is 4.74 Å². The van der Waals surface area contributed by atoms with Crippen molar-refractivity contribution in [3.05, 3.63) is 58.6 Å². The van der Waals surface area contributed by atoms with E-state index in [0.717, 1.165) is 27.0 Å². The Morgan fingerprint density at radius 3 is 2.88 bits per heavy atom. The highest BCUT2D eigenvalue weighted by molar-refractivity contribution is 7.16. The molecule has 6 heteroatoms. The number of amides is 1. The summed E-state index contributed by atoms with van der Waals surface area (Å²) in [6, 6.07) is 10.8. The molecule has 0 unspecified atom stereocenters. The highest BCUT2D eigenvalue weighted by Gasteiger charge is 2.12. The Hall–Kier alpha value is -2.73. The Bertz CT molecular complexity index is 918. The number of ether oxygens (including phenoxy) is 1. The lowest BCUT2D eigenvalue weighted by Gasteiger charge is -2.10. The van der Waals surface area contributed by atoms with Crippen LogP contribution in [0, 0.1) is 13.8 Å². The number of carbonyl (C=O) groups excluding carboxylic acids is 2. The standard InChI is InChI=1S/C18H16N2O3S/c1-11-4-3-5-14(12(11)2)20-17(21)9-23-18(22)13-6-7-15-16(8-13)24-10-19-15/h3-8,10H,9H2,1-2H3,(H,20,21). The molecule has 5 nitrogen and oxygen atoms in total. The molecule has 1 amide bonds. The van der Waals surface area contributed by atoms with Crippen LogP contribution >= 0.6 is 11.3 Å². The van der Waals surface area contributed by atoms with Gasteiger partial charge in [-0.1, -0.05) is 12.1 Å². The number of nitrogens with one attached hydrogen (secondary N) is 1. The number of esters is 1. The van der Waals surface area contributed by atoms with Gasteiger partial charge in [0.1, 0.15) is 0 Å². The normalized spacial score (nSPS) is 10.6. The molecule has 0 saturated heterocycles. The summed E-state index contributed by atoms with van der Waals surface area (Å²) in [6.07, 6.45) is 0. The predicted octanol–water partition coefficient (Wildman–Crippen LogP) is 3.71. The molecule has 3 aromatic rings. The van der Waals surface area contributed by atoms with Gasteiger partial charge in [0.25, 0.3) is 5.91 Å². The van der Waals surface area contributed by atoms with Gasteiger partial charge in [0.15, 0.2) is 6.61 Å². The van der Waals surface area contributed by atoms with Crippen LogP contribution in [0.15, 0.2) is 41.9 Å². The van der Waals surface area contributed by atoms with E-state index in [0.29, 0.717) is 5.56 Å². The molecule has 0 radical (unpaired) electrons. The van der Waals surface area contributed by atoms with Crippen molar-refractivity contribution >= 4 is 39.1 Å². The zero-order valence-electron chi connectivity index (χ0n) is 13.3. The summed E-state index contributed by atoms with van der Waals surface area (Å²) in [4.78, 5) is 28.2. The maximum Gasteiger partial charge on any atom is 0.338 e. The zero-order valence-corrected chi connectivity index (χ0v) is 14.1. The number of fused-ring (bicyclic) bond motifs is 1. The third-order valence-corrected chi connectivity index (χ3v) is 4.57. The number of rotatable bonds is 4. The van der Waals surface area contributed by atoms with Crippen molar-refractivity contribution in [3.63, 3.8) is 0 Å². The fourth-order valence-electron chi connectivity index (χ4n) is 2.27. The molecule has 0 aliphatic heterocycles. The second-order valence-corrected chi connectivity index (χ2v) is 6.29. The summed E-state index contributed by atoms with van der Waals surface area (Å²) >= 11 is 1.45. The van der Waals surface area contributed by atoms with Gasteiger partial charge in [0.2, 0.25) is 0 Å². The molecular weight excluding hydrogens is 324 g/mol. The van der Waals surface area contributed by atoms with Crippen molar-refractivity contribution in [1.29, 1.82) is 0 Å². The van der Waals surface area contributed by atoms with Crippen molar-refractivity contribution in [2.45, 2.75) is 13.8 Å². The second kappa shape index (κ2) is 6.80. The minimum Gasteiger partial charge on any atom is -0.452 e. The summed E-state index contributed by atoms with van der Waals surface area (Å²) in [7, 11) is 0. The number of thiazole rings is 1. The summed E-state index contributed by atoms with van der Waals surface area (Å²) in [5.41, 5.74) is 5.77. The van der Waals surface area contributed by atoms with Gasteiger partial charge in [-0.05, 0) is 49.2 Å². The molecule has 122 valence electrons. The molecule has 0 fully saturated rings. The minimum absolute atomic E-state index is 0.326. The van der Waals surface area contributed by atoms with Crippen LogP contribution in [0.4, 0.5) is 5.69 Å². The Labute approximate surface area is 143 Å². The molecule has 24 heavy (non-hydrogen) atoms. The molecule has 0 atom stereocenters. The number of aromatic nitrogens is 1. The first-order valence-electron chi connectivity index (χ1n) is 7.41. The molecule has 2 aromatic carbocycles. The van der Waals surface area contributed by atoms with Crippen LogP contribution in [-0.2, 0) is 9.53 Å². The maximum absolute atomic E-state index is 12.1. The van der Waals surface area contributed by atoms with Gasteiger partial charge in [0, 0.05) is 5.69 Å². The van der Waals surface area contributed by atoms with Crippen molar-refractivity contribution < 1.29 is 14.3 Å². The van der Waals surface area contributed by atoms with E-state index >= 15 is 0 Å². The first-order valence-corrected chi connectivity index (χ1v) is 8.29. The first-order chi connectivity index (χ1) is 11.5. The number of nitrogens with zero attached hydrogens (tertiary/aromatic N) is 1. The number of anilines is 1. The van der Waals surface area contributed by atoms with Gasteiger partial charge in [-0.3, -0.25) is 4.79 Å². The van der Waals surface area contributed by atoms with Gasteiger partial charge in [0.05, 0.1) is 21.3 Å². The van der Waals surface area contributed by atoms with Crippen LogP contribution < -0.4 is 5.32 Å². The largest absolute Gasteiger partial charge is 0.452 e. The molecule has 0 spiro atoms. The van der Waals surface area contributed by atoms with Gasteiger partial charge in [-0.25, -0.2) is 9.78 Å². The van der Waals surface area contributed by atoms with Crippen LogP contribution in [0.2, 0.25) is 0 Å². The van der Waals surface area contributed by atoms with E-state index in [2.05, 4.69) is 10.3 Å². The highest BCUT2D eigenvalue weighted by Crippen LogP contribution is 2.20. The zero-order chi connectivity index (χ0) is 17.1. The van der Waals surface area contributed by atoms with E-state index in [-0.39, 0.29) is 12.5 Å². The number of aryl methyl sites for hydroxylation is 1. The van der Waals surface area contributed by atoms with Gasteiger partial charge < -0.3 is 10.1 Å². The Kier molecular flexibility index (Phi) is 4.57. The van der Waals surface area contributed by atoms with Crippen LogP contribution in [0.1, 0.15) is 21.5 Å². The van der Waals surface area contributed by atoms with E-state index in [9.17, 15) is 9.59 Å². The third-order valence-electron chi connectivity index (χ3n) is 3.78. The van der Waals surface area contributed by atoms with Gasteiger partial charge in [-0.2, -0.15) is 0 Å². The Morgan fingerprint density at radius 1 is 1.21 bits per heavy atom. The van der Waals surface area contributed by atoms with Crippen molar-refractivity contribution in [3.8, 4) is 0 Å². The molecule has 0 saturated carbocycles. The number of hydrogen-bond acceptors (Lipinski definition) is 5. The molecule has 1 N–H and O–H groups in total. The first kappa shape index (κ1) is 16.1. The average molecular weight is 340 g/mol. The second-order valence-electron chi connectivity index (χ2n) is 5.41. The lowest BCUT2D eigenvalue weighted by Crippen LogP contribution is -2.21. The molecule has 0 bridgehead atoms. The van der Waals surface area contributed by atoms with Crippen molar-refractivity contribution in [2.24, 2.45) is 0 Å². The quantitative estimate of drug-likeness (QED) is 0.735. The molecule has 1 aromatic heterocycles. The van der Waals surface area contributed by atoms with Crippen molar-refractivity contribution in [2.75, 3.05) is 11.9 Å².